The third kappa shape index (κ3) is 3.74. The quantitative estimate of drug-likeness (QED) is 0.539. The minimum atomic E-state index is -0.0839. The zero-order chi connectivity index (χ0) is 19.5. The fourth-order valence-corrected chi connectivity index (χ4v) is 3.21. The van der Waals surface area contributed by atoms with Gasteiger partial charge in [0.2, 0.25) is 5.91 Å². The van der Waals surface area contributed by atoms with Crippen LogP contribution in [0.2, 0.25) is 0 Å². The monoisotopic (exact) mass is 371 g/mol. The van der Waals surface area contributed by atoms with Gasteiger partial charge in [-0.05, 0) is 48.7 Å². The predicted octanol–water partition coefficient (Wildman–Crippen LogP) is 4.59. The summed E-state index contributed by atoms with van der Waals surface area (Å²) in [6, 6.07) is 18.8. The van der Waals surface area contributed by atoms with E-state index in [9.17, 15) is 9.90 Å². The van der Waals surface area contributed by atoms with Crippen molar-refractivity contribution in [1.82, 2.24) is 9.38 Å². The molecular weight excluding hydrogens is 350 g/mol. The number of rotatable bonds is 5. The van der Waals surface area contributed by atoms with Crippen LogP contribution in [-0.2, 0) is 11.2 Å². The normalized spacial score (nSPS) is 10.9. The Morgan fingerprint density at radius 2 is 1.86 bits per heavy atom. The van der Waals surface area contributed by atoms with Crippen LogP contribution in [0.15, 0.2) is 73.1 Å². The Kier molecular flexibility index (Phi) is 4.81. The number of hydrogen-bond acceptors (Lipinski definition) is 3. The summed E-state index contributed by atoms with van der Waals surface area (Å²) < 4.78 is 2.01. The van der Waals surface area contributed by atoms with E-state index < -0.39 is 0 Å². The van der Waals surface area contributed by atoms with Crippen molar-refractivity contribution in [2.24, 2.45) is 0 Å². The minimum absolute atomic E-state index is 0.0839. The Balaban J connectivity index is 1.42. The summed E-state index contributed by atoms with van der Waals surface area (Å²) >= 11 is 0. The molecule has 5 nitrogen and oxygen atoms in total. The number of aryl methyl sites for hydroxylation is 2. The molecule has 28 heavy (non-hydrogen) atoms. The summed E-state index contributed by atoms with van der Waals surface area (Å²) in [6.45, 7) is 2.04. The molecule has 0 atom stereocenters. The van der Waals surface area contributed by atoms with E-state index >= 15 is 0 Å². The number of carbonyl (C=O) groups excluding carboxylic acids is 1. The molecule has 0 unspecified atom stereocenters. The zero-order valence-corrected chi connectivity index (χ0v) is 15.6. The molecule has 0 fully saturated rings. The number of imidazole rings is 1. The van der Waals surface area contributed by atoms with E-state index in [-0.39, 0.29) is 11.7 Å². The number of para-hydroxylation sites is 1. The smallest absolute Gasteiger partial charge is 0.224 e. The average molecular weight is 371 g/mol. The number of phenols is 1. The van der Waals surface area contributed by atoms with Gasteiger partial charge in [0.1, 0.15) is 11.4 Å². The van der Waals surface area contributed by atoms with Gasteiger partial charge in [0.15, 0.2) is 0 Å². The SMILES string of the molecule is Cc1cccn2cc(-c3ccc(NC(=O)CCc4ccccc4O)cc3)nc12. The van der Waals surface area contributed by atoms with Crippen LogP contribution in [0.5, 0.6) is 5.75 Å². The van der Waals surface area contributed by atoms with Crippen LogP contribution in [0.4, 0.5) is 5.69 Å². The first-order valence-corrected chi connectivity index (χ1v) is 9.21. The first-order valence-electron chi connectivity index (χ1n) is 9.21. The molecule has 2 heterocycles. The Morgan fingerprint density at radius 3 is 2.61 bits per heavy atom. The number of carbonyl (C=O) groups is 1. The molecule has 2 aromatic carbocycles. The van der Waals surface area contributed by atoms with Crippen molar-refractivity contribution in [2.75, 3.05) is 5.32 Å². The van der Waals surface area contributed by atoms with Crippen molar-refractivity contribution in [3.63, 3.8) is 0 Å². The van der Waals surface area contributed by atoms with Crippen molar-refractivity contribution in [1.29, 1.82) is 0 Å². The zero-order valence-electron chi connectivity index (χ0n) is 15.6. The molecule has 2 N–H and O–H groups in total. The van der Waals surface area contributed by atoms with E-state index in [1.54, 1.807) is 12.1 Å². The summed E-state index contributed by atoms with van der Waals surface area (Å²) in [5.41, 5.74) is 5.48. The summed E-state index contributed by atoms with van der Waals surface area (Å²) in [7, 11) is 0. The van der Waals surface area contributed by atoms with E-state index in [2.05, 4.69) is 5.32 Å². The number of aromatic nitrogens is 2. The molecule has 0 saturated carbocycles. The highest BCUT2D eigenvalue weighted by Crippen LogP contribution is 2.23. The maximum absolute atomic E-state index is 12.2. The number of anilines is 1. The van der Waals surface area contributed by atoms with Crippen molar-refractivity contribution in [2.45, 2.75) is 19.8 Å². The van der Waals surface area contributed by atoms with Crippen LogP contribution >= 0.6 is 0 Å². The van der Waals surface area contributed by atoms with Gasteiger partial charge in [0.25, 0.3) is 0 Å². The molecule has 0 bridgehead atoms. The molecule has 140 valence electrons. The van der Waals surface area contributed by atoms with Crippen LogP contribution in [0.25, 0.3) is 16.9 Å². The maximum Gasteiger partial charge on any atom is 0.224 e. The molecule has 4 rings (SSSR count). The average Bonchev–Trinajstić information content (AvgIpc) is 3.14. The highest BCUT2D eigenvalue weighted by molar-refractivity contribution is 5.91. The molecule has 2 aromatic heterocycles. The molecule has 0 spiro atoms. The molecular formula is C23H21N3O2. The van der Waals surface area contributed by atoms with Gasteiger partial charge in [0.05, 0.1) is 5.69 Å². The molecule has 0 aliphatic rings. The molecule has 0 radical (unpaired) electrons. The largest absolute Gasteiger partial charge is 0.508 e. The van der Waals surface area contributed by atoms with Gasteiger partial charge in [-0.15, -0.1) is 0 Å². The maximum atomic E-state index is 12.2. The number of amides is 1. The third-order valence-electron chi connectivity index (χ3n) is 4.76. The molecule has 1 amide bonds. The van der Waals surface area contributed by atoms with Gasteiger partial charge in [-0.2, -0.15) is 0 Å². The fourth-order valence-electron chi connectivity index (χ4n) is 3.21. The summed E-state index contributed by atoms with van der Waals surface area (Å²) in [5, 5.41) is 12.7. The van der Waals surface area contributed by atoms with Crippen LogP contribution in [0, 0.1) is 6.92 Å². The Hall–Kier alpha value is -3.60. The molecule has 0 saturated heterocycles. The minimum Gasteiger partial charge on any atom is -0.508 e. The lowest BCUT2D eigenvalue weighted by molar-refractivity contribution is -0.116. The Morgan fingerprint density at radius 1 is 1.07 bits per heavy atom. The number of nitrogens with one attached hydrogen (secondary N) is 1. The van der Waals surface area contributed by atoms with Crippen LogP contribution < -0.4 is 5.32 Å². The van der Waals surface area contributed by atoms with E-state index in [1.807, 2.05) is 72.2 Å². The Bertz CT molecular complexity index is 1130. The first kappa shape index (κ1) is 17.8. The molecule has 4 aromatic rings. The predicted molar refractivity (Wildman–Crippen MR) is 110 cm³/mol. The fraction of sp³-hybridized carbons (Fsp3) is 0.130. The van der Waals surface area contributed by atoms with Crippen LogP contribution in [0.1, 0.15) is 17.5 Å². The first-order chi connectivity index (χ1) is 13.6. The summed E-state index contributed by atoms with van der Waals surface area (Å²) in [4.78, 5) is 16.9. The number of hydrogen-bond donors (Lipinski definition) is 2. The lowest BCUT2D eigenvalue weighted by Gasteiger charge is -2.07. The van der Waals surface area contributed by atoms with Gasteiger partial charge in [0, 0.05) is 30.1 Å². The highest BCUT2D eigenvalue weighted by Gasteiger charge is 2.08. The number of pyridine rings is 1. The second-order valence-corrected chi connectivity index (χ2v) is 6.80. The molecule has 0 aliphatic carbocycles. The van der Waals surface area contributed by atoms with Gasteiger partial charge in [-0.3, -0.25) is 4.79 Å². The lowest BCUT2D eigenvalue weighted by atomic mass is 10.1. The number of benzene rings is 2. The lowest BCUT2D eigenvalue weighted by Crippen LogP contribution is -2.12. The van der Waals surface area contributed by atoms with Gasteiger partial charge in [-0.25, -0.2) is 4.98 Å². The summed E-state index contributed by atoms with van der Waals surface area (Å²) in [5.74, 6) is 0.140. The van der Waals surface area contributed by atoms with Crippen LogP contribution in [0.3, 0.4) is 0 Å². The molecule has 0 aliphatic heterocycles. The van der Waals surface area contributed by atoms with Crippen molar-refractivity contribution in [3.8, 4) is 17.0 Å². The molecule has 5 heteroatoms. The van der Waals surface area contributed by atoms with Gasteiger partial charge >= 0.3 is 0 Å². The third-order valence-corrected chi connectivity index (χ3v) is 4.76. The van der Waals surface area contributed by atoms with Crippen LogP contribution in [-0.4, -0.2) is 20.4 Å². The second kappa shape index (κ2) is 7.56. The Labute approximate surface area is 163 Å². The van der Waals surface area contributed by atoms with E-state index in [1.165, 1.54) is 0 Å². The van der Waals surface area contributed by atoms with Gasteiger partial charge in [-0.1, -0.05) is 36.4 Å². The highest BCUT2D eigenvalue weighted by atomic mass is 16.3. The van der Waals surface area contributed by atoms with Gasteiger partial charge < -0.3 is 14.8 Å². The standard InChI is InChI=1S/C23H21N3O2/c1-16-5-4-14-26-15-20(25-23(16)26)17-8-11-19(12-9-17)24-22(28)13-10-18-6-2-3-7-21(18)27/h2-9,11-12,14-15,27H,10,13H2,1H3,(H,24,28). The van der Waals surface area contributed by atoms with Crippen molar-refractivity contribution in [3.05, 3.63) is 84.2 Å². The number of fused-ring (bicyclic) bond motifs is 1. The van der Waals surface area contributed by atoms with E-state index in [4.69, 9.17) is 4.98 Å². The second-order valence-electron chi connectivity index (χ2n) is 6.80. The number of aromatic hydroxyl groups is 1. The van der Waals surface area contributed by atoms with E-state index in [0.29, 0.717) is 12.8 Å². The van der Waals surface area contributed by atoms with Crippen molar-refractivity contribution < 1.29 is 9.90 Å². The van der Waals surface area contributed by atoms with Crippen molar-refractivity contribution >= 4 is 17.2 Å². The summed E-state index contributed by atoms with van der Waals surface area (Å²) in [6.07, 6.45) is 4.79. The number of phenolic OH excluding ortho intramolecular Hbond substituents is 1. The topological polar surface area (TPSA) is 66.6 Å². The number of nitrogens with zero attached hydrogens (tertiary/aromatic N) is 2. The van der Waals surface area contributed by atoms with E-state index in [0.717, 1.165) is 33.7 Å².